The Labute approximate surface area is 214 Å². The summed E-state index contributed by atoms with van der Waals surface area (Å²) in [5.41, 5.74) is 1.44. The highest BCUT2D eigenvalue weighted by molar-refractivity contribution is 7.25. The van der Waals surface area contributed by atoms with Crippen LogP contribution in [0.25, 0.3) is 53.6 Å². The molecule has 8 rings (SSSR count). The molecule has 1 aliphatic rings. The Hall–Kier alpha value is -3.83. The van der Waals surface area contributed by atoms with E-state index >= 15 is 13.2 Å². The zero-order valence-corrected chi connectivity index (χ0v) is 20.6. The van der Waals surface area contributed by atoms with Gasteiger partial charge in [0.05, 0.1) is 16.6 Å². The topological polar surface area (TPSA) is 4.41 Å². The van der Waals surface area contributed by atoms with Gasteiger partial charge in [0, 0.05) is 47.6 Å². The molecule has 1 aliphatic carbocycles. The van der Waals surface area contributed by atoms with E-state index in [-0.39, 0.29) is 0 Å². The molecule has 0 bridgehead atoms. The average molecular weight is 508 g/mol. The Bertz CT molecular complexity index is 2110. The highest BCUT2D eigenvalue weighted by atomic mass is 32.1. The number of thiophene rings is 1. The maximum Gasteiger partial charge on any atom is 0.399 e. The van der Waals surface area contributed by atoms with Crippen molar-refractivity contribution in [2.45, 2.75) is 24.4 Å². The summed E-state index contributed by atoms with van der Waals surface area (Å²) in [5, 5.41) is 4.50. The normalized spacial score (nSPS) is 19.9. The van der Waals surface area contributed by atoms with Gasteiger partial charge in [-0.15, -0.1) is 11.3 Å². The number of hydrogen-bond acceptors (Lipinski definition) is 1. The Morgan fingerprint density at radius 3 is 2.11 bits per heavy atom. The summed E-state index contributed by atoms with van der Waals surface area (Å²) in [6, 6.07) is 29.3. The predicted molar refractivity (Wildman–Crippen MR) is 148 cm³/mol. The van der Waals surface area contributed by atoms with Crippen molar-refractivity contribution < 1.29 is 13.2 Å². The summed E-state index contributed by atoms with van der Waals surface area (Å²) in [5.74, 6) is -0.887. The minimum Gasteiger partial charge on any atom is -0.308 e. The largest absolute Gasteiger partial charge is 0.399 e. The van der Waals surface area contributed by atoms with Crippen molar-refractivity contribution in [3.63, 3.8) is 0 Å². The molecular weight excluding hydrogens is 487 g/mol. The molecule has 0 amide bonds. The van der Waals surface area contributed by atoms with Crippen molar-refractivity contribution in [1.29, 1.82) is 0 Å². The lowest BCUT2D eigenvalue weighted by Gasteiger charge is -2.40. The standard InChI is InChI=1S/C32H20F3NS/c1-31(32(33,34)35)23(19-12-8-16-27-28(19)21-11-4-7-15-26(21)37-27)17-22-18-9-2-5-13-24(18)36-25-14-6-3-10-20(25)29(31)30(22)36/h2-17,23H,1H3. The Morgan fingerprint density at radius 1 is 0.730 bits per heavy atom. The van der Waals surface area contributed by atoms with Crippen LogP contribution >= 0.6 is 11.3 Å². The summed E-state index contributed by atoms with van der Waals surface area (Å²) in [6.45, 7) is 1.41. The molecule has 5 heteroatoms. The van der Waals surface area contributed by atoms with E-state index in [4.69, 9.17) is 0 Å². The molecule has 0 saturated heterocycles. The maximum absolute atomic E-state index is 15.6. The summed E-state index contributed by atoms with van der Waals surface area (Å²) >= 11 is 1.64. The molecular formula is C32H20F3NS. The Balaban J connectivity index is 1.61. The molecule has 2 atom stereocenters. The van der Waals surface area contributed by atoms with Crippen LogP contribution in [0.2, 0.25) is 0 Å². The van der Waals surface area contributed by atoms with Crippen LogP contribution in [0.3, 0.4) is 0 Å². The van der Waals surface area contributed by atoms with Crippen molar-refractivity contribution in [3.05, 3.63) is 107 Å². The van der Waals surface area contributed by atoms with E-state index in [0.717, 1.165) is 47.4 Å². The fourth-order valence-corrected chi connectivity index (χ4v) is 7.87. The minimum absolute atomic E-state index is 0.380. The first-order valence-corrected chi connectivity index (χ1v) is 13.1. The van der Waals surface area contributed by atoms with Gasteiger partial charge in [0.15, 0.2) is 0 Å². The van der Waals surface area contributed by atoms with Gasteiger partial charge in [-0.3, -0.25) is 0 Å². The van der Waals surface area contributed by atoms with Gasteiger partial charge in [0.1, 0.15) is 5.41 Å². The monoisotopic (exact) mass is 507 g/mol. The van der Waals surface area contributed by atoms with Gasteiger partial charge < -0.3 is 4.40 Å². The summed E-state index contributed by atoms with van der Waals surface area (Å²) in [7, 11) is 0. The highest BCUT2D eigenvalue weighted by Gasteiger charge is 2.60. The van der Waals surface area contributed by atoms with Crippen molar-refractivity contribution >= 4 is 64.9 Å². The van der Waals surface area contributed by atoms with Gasteiger partial charge in [-0.25, -0.2) is 0 Å². The predicted octanol–water partition coefficient (Wildman–Crippen LogP) is 8.73. The molecule has 2 unspecified atom stereocenters. The molecule has 0 radical (unpaired) electrons. The van der Waals surface area contributed by atoms with E-state index in [9.17, 15) is 0 Å². The number of nitrogens with zero attached hydrogens (tertiary/aromatic N) is 1. The van der Waals surface area contributed by atoms with Crippen molar-refractivity contribution in [2.75, 3.05) is 0 Å². The van der Waals surface area contributed by atoms with Crippen LogP contribution in [0, 0.1) is 0 Å². The van der Waals surface area contributed by atoms with Crippen LogP contribution in [0.1, 0.15) is 24.0 Å². The van der Waals surface area contributed by atoms with Gasteiger partial charge >= 0.3 is 6.18 Å². The molecule has 0 fully saturated rings. The van der Waals surface area contributed by atoms with E-state index < -0.39 is 17.5 Å². The van der Waals surface area contributed by atoms with Gasteiger partial charge in [-0.1, -0.05) is 72.8 Å². The number of aromatic nitrogens is 1. The number of fused-ring (bicyclic) bond motifs is 9. The fourth-order valence-electron chi connectivity index (χ4n) is 6.73. The second-order valence-electron chi connectivity index (χ2n) is 10.2. The molecule has 4 aromatic carbocycles. The van der Waals surface area contributed by atoms with Crippen LogP contribution in [-0.4, -0.2) is 10.6 Å². The maximum atomic E-state index is 15.6. The zero-order chi connectivity index (χ0) is 25.1. The summed E-state index contributed by atoms with van der Waals surface area (Å²) < 4.78 is 50.8. The van der Waals surface area contributed by atoms with Crippen molar-refractivity contribution in [1.82, 2.24) is 4.40 Å². The molecule has 0 aliphatic heterocycles. The first kappa shape index (κ1) is 21.3. The molecule has 0 spiro atoms. The molecule has 3 aromatic heterocycles. The van der Waals surface area contributed by atoms with E-state index in [2.05, 4.69) is 0 Å². The van der Waals surface area contributed by atoms with Crippen LogP contribution in [0.5, 0.6) is 0 Å². The first-order valence-electron chi connectivity index (χ1n) is 12.3. The molecule has 37 heavy (non-hydrogen) atoms. The number of halogens is 3. The molecule has 3 heterocycles. The summed E-state index contributed by atoms with van der Waals surface area (Å²) in [6.07, 6.45) is -2.58. The lowest BCUT2D eigenvalue weighted by molar-refractivity contribution is -0.187. The van der Waals surface area contributed by atoms with Crippen LogP contribution in [-0.2, 0) is 5.41 Å². The third-order valence-electron chi connectivity index (χ3n) is 8.40. The van der Waals surface area contributed by atoms with Gasteiger partial charge in [-0.05, 0) is 36.8 Å². The second-order valence-corrected chi connectivity index (χ2v) is 11.3. The summed E-state index contributed by atoms with van der Waals surface area (Å²) in [4.78, 5) is 0. The lowest BCUT2D eigenvalue weighted by atomic mass is 9.64. The van der Waals surface area contributed by atoms with E-state index in [1.54, 1.807) is 11.3 Å². The average Bonchev–Trinajstić information content (AvgIpc) is 3.55. The van der Waals surface area contributed by atoms with Gasteiger partial charge in [-0.2, -0.15) is 13.2 Å². The first-order chi connectivity index (χ1) is 17.9. The highest BCUT2D eigenvalue weighted by Crippen LogP contribution is 2.57. The minimum atomic E-state index is -4.48. The van der Waals surface area contributed by atoms with Crippen LogP contribution in [0.15, 0.2) is 91.0 Å². The number of benzene rings is 4. The van der Waals surface area contributed by atoms with Crippen molar-refractivity contribution in [3.8, 4) is 0 Å². The Morgan fingerprint density at radius 2 is 1.35 bits per heavy atom. The quantitative estimate of drug-likeness (QED) is 0.209. The molecule has 0 N–H and O–H groups in total. The molecule has 0 saturated carbocycles. The number of alkyl halides is 3. The Kier molecular flexibility index (Phi) is 3.98. The second kappa shape index (κ2) is 6.93. The third kappa shape index (κ3) is 2.50. The third-order valence-corrected chi connectivity index (χ3v) is 9.53. The molecule has 180 valence electrons. The van der Waals surface area contributed by atoms with Crippen molar-refractivity contribution in [2.24, 2.45) is 0 Å². The smallest absolute Gasteiger partial charge is 0.308 e. The lowest BCUT2D eigenvalue weighted by Crippen LogP contribution is -2.46. The van der Waals surface area contributed by atoms with Gasteiger partial charge in [0.25, 0.3) is 0 Å². The molecule has 1 nitrogen and oxygen atoms in total. The molecule has 7 aromatic rings. The van der Waals surface area contributed by atoms with Gasteiger partial charge in [0.2, 0.25) is 0 Å². The van der Waals surface area contributed by atoms with E-state index in [1.807, 2.05) is 101 Å². The number of hydrogen-bond donors (Lipinski definition) is 0. The SMILES string of the molecule is CC1(C(F)(F)F)c2c3ccccc3n3c2c(c2ccccc23)=CC1c1cccc2sc3ccccc3c12. The fraction of sp³-hybridized carbons (Fsp3) is 0.125. The zero-order valence-electron chi connectivity index (χ0n) is 19.8. The van der Waals surface area contributed by atoms with E-state index in [1.165, 1.54) is 6.92 Å². The van der Waals surface area contributed by atoms with Crippen LogP contribution in [0.4, 0.5) is 13.2 Å². The number of rotatable bonds is 1. The van der Waals surface area contributed by atoms with Crippen LogP contribution < -0.4 is 5.22 Å². The van der Waals surface area contributed by atoms with E-state index in [0.29, 0.717) is 16.5 Å². The number of para-hydroxylation sites is 2.